The molecule has 0 saturated carbocycles. The van der Waals surface area contributed by atoms with Gasteiger partial charge in [-0.2, -0.15) is 0 Å². The van der Waals surface area contributed by atoms with Crippen LogP contribution in [0, 0.1) is 6.92 Å². The van der Waals surface area contributed by atoms with E-state index in [-0.39, 0.29) is 6.61 Å². The number of aromatic nitrogens is 1. The summed E-state index contributed by atoms with van der Waals surface area (Å²) in [6.07, 6.45) is 0. The highest BCUT2D eigenvalue weighted by Crippen LogP contribution is 2.22. The minimum absolute atomic E-state index is 0.278. The fourth-order valence-electron chi connectivity index (χ4n) is 2.43. The van der Waals surface area contributed by atoms with Gasteiger partial charge < -0.3 is 4.74 Å². The van der Waals surface area contributed by atoms with Crippen LogP contribution in [0.25, 0.3) is 10.9 Å². The van der Waals surface area contributed by atoms with Gasteiger partial charge in [0, 0.05) is 11.1 Å². The van der Waals surface area contributed by atoms with Gasteiger partial charge in [-0.3, -0.25) is 25.4 Å². The molecule has 7 heteroatoms. The zero-order chi connectivity index (χ0) is 18.5. The molecule has 6 nitrogen and oxygen atoms in total. The molecular formula is C19H16ClN3O3. The monoisotopic (exact) mass is 369 g/mol. The van der Waals surface area contributed by atoms with Crippen LogP contribution in [0.5, 0.6) is 5.75 Å². The van der Waals surface area contributed by atoms with Gasteiger partial charge in [0.25, 0.3) is 11.8 Å². The molecule has 0 aliphatic carbocycles. The number of carbonyl (C=O) groups excluding carboxylic acids is 2. The third kappa shape index (κ3) is 4.10. The van der Waals surface area contributed by atoms with E-state index in [0.717, 1.165) is 0 Å². The number of fused-ring (bicyclic) bond motifs is 1. The van der Waals surface area contributed by atoms with Crippen LogP contribution in [0.4, 0.5) is 0 Å². The number of rotatable bonds is 4. The van der Waals surface area contributed by atoms with Crippen LogP contribution in [-0.4, -0.2) is 23.4 Å². The van der Waals surface area contributed by atoms with Crippen LogP contribution in [0.15, 0.2) is 54.6 Å². The quantitative estimate of drug-likeness (QED) is 0.693. The fourth-order valence-corrected chi connectivity index (χ4v) is 2.62. The lowest BCUT2D eigenvalue weighted by atomic mass is 10.1. The van der Waals surface area contributed by atoms with Crippen molar-refractivity contribution in [1.82, 2.24) is 15.8 Å². The Morgan fingerprint density at radius 2 is 1.81 bits per heavy atom. The van der Waals surface area contributed by atoms with Crippen molar-refractivity contribution in [3.8, 4) is 5.75 Å². The van der Waals surface area contributed by atoms with Crippen LogP contribution in [0.1, 0.15) is 16.1 Å². The molecule has 26 heavy (non-hydrogen) atoms. The number of halogens is 1. The molecule has 2 aromatic carbocycles. The fraction of sp³-hybridized carbons (Fsp3) is 0.105. The van der Waals surface area contributed by atoms with Gasteiger partial charge in [-0.1, -0.05) is 41.9 Å². The van der Waals surface area contributed by atoms with Crippen molar-refractivity contribution in [2.75, 3.05) is 6.61 Å². The minimum Gasteiger partial charge on any atom is -0.482 e. The standard InChI is InChI=1S/C19H16ClN3O3/c1-12-10-14(13-6-2-4-8-16(13)21-12)19(25)23-22-18(24)11-26-17-9-5-3-7-15(17)20/h2-10H,11H2,1H3,(H,22,24)(H,23,25). The van der Waals surface area contributed by atoms with Gasteiger partial charge in [0.05, 0.1) is 16.1 Å². The van der Waals surface area contributed by atoms with Crippen LogP contribution in [0.2, 0.25) is 5.02 Å². The first-order valence-corrected chi connectivity index (χ1v) is 8.25. The number of hydrogen-bond acceptors (Lipinski definition) is 4. The number of nitrogens with one attached hydrogen (secondary N) is 2. The molecule has 0 saturated heterocycles. The summed E-state index contributed by atoms with van der Waals surface area (Å²) in [7, 11) is 0. The van der Waals surface area contributed by atoms with Crippen molar-refractivity contribution in [3.63, 3.8) is 0 Å². The number of aryl methyl sites for hydroxylation is 1. The van der Waals surface area contributed by atoms with Crippen LogP contribution >= 0.6 is 11.6 Å². The molecule has 0 fully saturated rings. The van der Waals surface area contributed by atoms with Gasteiger partial charge in [0.15, 0.2) is 6.61 Å². The van der Waals surface area contributed by atoms with Crippen molar-refractivity contribution >= 4 is 34.3 Å². The molecule has 1 heterocycles. The first kappa shape index (κ1) is 17.7. The summed E-state index contributed by atoms with van der Waals surface area (Å²) in [5.74, 6) is -0.544. The van der Waals surface area contributed by atoms with Crippen molar-refractivity contribution < 1.29 is 14.3 Å². The molecule has 0 aliphatic rings. The van der Waals surface area contributed by atoms with E-state index in [1.165, 1.54) is 0 Å². The molecule has 0 bridgehead atoms. The first-order chi connectivity index (χ1) is 12.5. The average Bonchev–Trinajstić information content (AvgIpc) is 2.64. The van der Waals surface area contributed by atoms with E-state index in [1.54, 1.807) is 43.3 Å². The SMILES string of the molecule is Cc1cc(C(=O)NNC(=O)COc2ccccc2Cl)c2ccccc2n1. The van der Waals surface area contributed by atoms with E-state index in [9.17, 15) is 9.59 Å². The number of amides is 2. The Hall–Kier alpha value is -3.12. The second-order valence-electron chi connectivity index (χ2n) is 5.55. The third-order valence-corrected chi connectivity index (χ3v) is 3.91. The Bertz CT molecular complexity index is 975. The maximum Gasteiger partial charge on any atom is 0.276 e. The zero-order valence-electron chi connectivity index (χ0n) is 14.0. The van der Waals surface area contributed by atoms with Gasteiger partial charge in [0.2, 0.25) is 0 Å². The Morgan fingerprint density at radius 3 is 2.62 bits per heavy atom. The number of para-hydroxylation sites is 2. The minimum atomic E-state index is -0.506. The van der Waals surface area contributed by atoms with E-state index in [4.69, 9.17) is 16.3 Å². The number of benzene rings is 2. The van der Waals surface area contributed by atoms with Crippen molar-refractivity contribution in [1.29, 1.82) is 0 Å². The van der Waals surface area contributed by atoms with E-state index in [0.29, 0.717) is 32.9 Å². The molecule has 132 valence electrons. The Labute approximate surface area is 155 Å². The highest BCUT2D eigenvalue weighted by Gasteiger charge is 2.13. The van der Waals surface area contributed by atoms with E-state index in [1.807, 2.05) is 18.2 Å². The largest absolute Gasteiger partial charge is 0.482 e. The summed E-state index contributed by atoms with van der Waals surface area (Å²) >= 11 is 5.95. The maximum atomic E-state index is 12.4. The maximum absolute atomic E-state index is 12.4. The van der Waals surface area contributed by atoms with Crippen LogP contribution in [-0.2, 0) is 4.79 Å². The van der Waals surface area contributed by atoms with Crippen LogP contribution in [0.3, 0.4) is 0 Å². The lowest BCUT2D eigenvalue weighted by molar-refractivity contribution is -0.123. The summed E-state index contributed by atoms with van der Waals surface area (Å²) in [5, 5.41) is 1.11. The summed E-state index contributed by atoms with van der Waals surface area (Å²) in [6.45, 7) is 1.53. The normalized spacial score (nSPS) is 10.4. The van der Waals surface area contributed by atoms with Gasteiger partial charge in [-0.05, 0) is 31.2 Å². The molecule has 2 N–H and O–H groups in total. The number of carbonyl (C=O) groups is 2. The Morgan fingerprint density at radius 1 is 1.08 bits per heavy atom. The lowest BCUT2D eigenvalue weighted by Crippen LogP contribution is -2.43. The predicted octanol–water partition coefficient (Wildman–Crippen LogP) is 3.04. The third-order valence-electron chi connectivity index (χ3n) is 3.60. The zero-order valence-corrected chi connectivity index (χ0v) is 14.7. The first-order valence-electron chi connectivity index (χ1n) is 7.87. The summed E-state index contributed by atoms with van der Waals surface area (Å²) in [6, 6.07) is 15.8. The van der Waals surface area contributed by atoms with Crippen LogP contribution < -0.4 is 15.6 Å². The molecular weight excluding hydrogens is 354 g/mol. The molecule has 0 unspecified atom stereocenters. The summed E-state index contributed by atoms with van der Waals surface area (Å²) < 4.78 is 5.32. The van der Waals surface area contributed by atoms with Gasteiger partial charge >= 0.3 is 0 Å². The number of ether oxygens (including phenoxy) is 1. The van der Waals surface area contributed by atoms with E-state index >= 15 is 0 Å². The molecule has 0 spiro atoms. The lowest BCUT2D eigenvalue weighted by Gasteiger charge is -2.11. The number of nitrogens with zero attached hydrogens (tertiary/aromatic N) is 1. The number of hydrazine groups is 1. The smallest absolute Gasteiger partial charge is 0.276 e. The van der Waals surface area contributed by atoms with Crippen molar-refractivity contribution in [3.05, 3.63) is 70.9 Å². The summed E-state index contributed by atoms with van der Waals surface area (Å²) in [4.78, 5) is 28.7. The summed E-state index contributed by atoms with van der Waals surface area (Å²) in [5.41, 5.74) is 6.57. The highest BCUT2D eigenvalue weighted by atomic mass is 35.5. The average molecular weight is 370 g/mol. The number of pyridine rings is 1. The molecule has 3 aromatic rings. The molecule has 0 radical (unpaired) electrons. The Balaban J connectivity index is 1.62. The predicted molar refractivity (Wildman–Crippen MR) is 99.0 cm³/mol. The van der Waals surface area contributed by atoms with E-state index < -0.39 is 11.8 Å². The Kier molecular flexibility index (Phi) is 5.34. The molecule has 2 amide bonds. The second kappa shape index (κ2) is 7.84. The second-order valence-corrected chi connectivity index (χ2v) is 5.96. The molecule has 1 aromatic heterocycles. The molecule has 0 aliphatic heterocycles. The van der Waals surface area contributed by atoms with E-state index in [2.05, 4.69) is 15.8 Å². The highest BCUT2D eigenvalue weighted by molar-refractivity contribution is 6.32. The molecule has 0 atom stereocenters. The molecule has 3 rings (SSSR count). The van der Waals surface area contributed by atoms with Gasteiger partial charge in [-0.15, -0.1) is 0 Å². The van der Waals surface area contributed by atoms with Gasteiger partial charge in [0.1, 0.15) is 5.75 Å². The van der Waals surface area contributed by atoms with Crippen molar-refractivity contribution in [2.45, 2.75) is 6.92 Å². The number of hydrogen-bond donors (Lipinski definition) is 2. The van der Waals surface area contributed by atoms with Gasteiger partial charge in [-0.25, -0.2) is 0 Å². The van der Waals surface area contributed by atoms with Crippen molar-refractivity contribution in [2.24, 2.45) is 0 Å². The topological polar surface area (TPSA) is 80.3 Å².